The van der Waals surface area contributed by atoms with E-state index in [1.54, 1.807) is 0 Å². The molecule has 1 saturated heterocycles. The summed E-state index contributed by atoms with van der Waals surface area (Å²) in [7, 11) is 1.90. The predicted octanol–water partition coefficient (Wildman–Crippen LogP) is 3.43. The Kier molecular flexibility index (Phi) is 4.20. The van der Waals surface area contributed by atoms with Gasteiger partial charge in [0.05, 0.1) is 6.10 Å². The lowest BCUT2D eigenvalue weighted by Gasteiger charge is -2.63. The molecule has 1 aromatic rings. The van der Waals surface area contributed by atoms with E-state index in [4.69, 9.17) is 4.74 Å². The fourth-order valence-electron chi connectivity index (χ4n) is 5.24. The van der Waals surface area contributed by atoms with Gasteiger partial charge in [-0.25, -0.2) is 0 Å². The van der Waals surface area contributed by atoms with Gasteiger partial charge >= 0.3 is 0 Å². The molecule has 0 amide bonds. The Balaban J connectivity index is 1.19. The molecule has 3 saturated carbocycles. The minimum absolute atomic E-state index is 0.339. The van der Waals surface area contributed by atoms with Crippen LogP contribution < -0.4 is 10.6 Å². The van der Waals surface area contributed by atoms with Gasteiger partial charge in [-0.15, -0.1) is 11.8 Å². The van der Waals surface area contributed by atoms with Gasteiger partial charge in [0.25, 0.3) is 0 Å². The molecule has 0 bridgehead atoms. The van der Waals surface area contributed by atoms with Crippen LogP contribution in [-0.4, -0.2) is 43.1 Å². The van der Waals surface area contributed by atoms with E-state index >= 15 is 0 Å². The summed E-state index contributed by atoms with van der Waals surface area (Å²) in [5, 5.41) is 7.42. The summed E-state index contributed by atoms with van der Waals surface area (Å²) in [6.45, 7) is 1.93. The van der Waals surface area contributed by atoms with Crippen molar-refractivity contribution in [1.82, 2.24) is 10.6 Å². The van der Waals surface area contributed by atoms with Gasteiger partial charge in [0.1, 0.15) is 0 Å². The Labute approximate surface area is 160 Å². The molecule has 3 unspecified atom stereocenters. The lowest BCUT2D eigenvalue weighted by atomic mass is 9.46. The molecular formula is C21H29N3OS. The standard InChI is InChI=1S/C21H29N3OS/c1-22-19(23-14-20(11-12-20)26-15-6-3-2-4-7-15)24-17-16-8-13-25-18(16)21(17)9-5-10-21/h2-4,6-7,16-18H,5,8-14H2,1H3,(H2,22,23,24). The molecule has 5 heteroatoms. The van der Waals surface area contributed by atoms with E-state index in [-0.39, 0.29) is 0 Å². The molecule has 140 valence electrons. The molecule has 1 aliphatic heterocycles. The number of thioether (sulfide) groups is 1. The molecule has 26 heavy (non-hydrogen) atoms. The summed E-state index contributed by atoms with van der Waals surface area (Å²) in [6.07, 6.45) is 8.26. The summed E-state index contributed by atoms with van der Waals surface area (Å²) in [6, 6.07) is 11.3. The summed E-state index contributed by atoms with van der Waals surface area (Å²) in [4.78, 5) is 5.90. The van der Waals surface area contributed by atoms with Crippen molar-refractivity contribution in [2.75, 3.05) is 20.2 Å². The number of aliphatic imine (C=N–C) groups is 1. The van der Waals surface area contributed by atoms with Crippen LogP contribution in [0.15, 0.2) is 40.2 Å². The third kappa shape index (κ3) is 2.75. The van der Waals surface area contributed by atoms with Crippen LogP contribution in [0, 0.1) is 11.3 Å². The first kappa shape index (κ1) is 16.9. The lowest BCUT2D eigenvalue weighted by molar-refractivity contribution is -0.171. The molecule has 3 atom stereocenters. The van der Waals surface area contributed by atoms with E-state index < -0.39 is 0 Å². The maximum atomic E-state index is 6.04. The van der Waals surface area contributed by atoms with Crippen molar-refractivity contribution < 1.29 is 4.74 Å². The first-order valence-corrected chi connectivity index (χ1v) is 10.9. The zero-order chi connectivity index (χ0) is 17.6. The van der Waals surface area contributed by atoms with Gasteiger partial charge in [-0.2, -0.15) is 0 Å². The van der Waals surface area contributed by atoms with Gasteiger partial charge in [-0.1, -0.05) is 24.6 Å². The van der Waals surface area contributed by atoms with Crippen molar-refractivity contribution in [3.8, 4) is 0 Å². The van der Waals surface area contributed by atoms with Gasteiger partial charge in [-0.05, 0) is 44.2 Å². The Morgan fingerprint density at radius 2 is 2.04 bits per heavy atom. The number of guanidine groups is 1. The minimum Gasteiger partial charge on any atom is -0.377 e. The number of benzene rings is 1. The molecule has 2 N–H and O–H groups in total. The third-order valence-electron chi connectivity index (χ3n) is 7.02. The van der Waals surface area contributed by atoms with Gasteiger partial charge in [0.2, 0.25) is 0 Å². The first-order valence-electron chi connectivity index (χ1n) is 10.1. The van der Waals surface area contributed by atoms with Crippen molar-refractivity contribution in [2.45, 2.75) is 60.3 Å². The van der Waals surface area contributed by atoms with Crippen molar-refractivity contribution >= 4 is 17.7 Å². The number of ether oxygens (including phenoxy) is 1. The second-order valence-corrected chi connectivity index (χ2v) is 10.0. The van der Waals surface area contributed by atoms with Gasteiger partial charge in [0.15, 0.2) is 5.96 Å². The number of nitrogens with zero attached hydrogens (tertiary/aromatic N) is 1. The normalized spacial score (nSPS) is 33.1. The number of hydrogen-bond donors (Lipinski definition) is 2. The van der Waals surface area contributed by atoms with E-state index in [0.29, 0.717) is 28.2 Å². The zero-order valence-electron chi connectivity index (χ0n) is 15.5. The Morgan fingerprint density at radius 3 is 2.69 bits per heavy atom. The average molecular weight is 372 g/mol. The largest absolute Gasteiger partial charge is 0.377 e. The van der Waals surface area contributed by atoms with Crippen molar-refractivity contribution in [1.29, 1.82) is 0 Å². The zero-order valence-corrected chi connectivity index (χ0v) is 16.4. The topological polar surface area (TPSA) is 45.7 Å². The highest BCUT2D eigenvalue weighted by atomic mass is 32.2. The molecule has 1 heterocycles. The number of rotatable bonds is 5. The fourth-order valence-corrected chi connectivity index (χ4v) is 6.48. The summed E-state index contributed by atoms with van der Waals surface area (Å²) in [5.41, 5.74) is 0.398. The number of nitrogens with one attached hydrogen (secondary N) is 2. The second-order valence-electron chi connectivity index (χ2n) is 8.48. The van der Waals surface area contributed by atoms with Crippen LogP contribution in [0.25, 0.3) is 0 Å². The molecular weight excluding hydrogens is 342 g/mol. The van der Waals surface area contributed by atoms with E-state index in [1.807, 2.05) is 18.8 Å². The average Bonchev–Trinajstić information content (AvgIpc) is 3.24. The van der Waals surface area contributed by atoms with Crippen molar-refractivity contribution in [3.63, 3.8) is 0 Å². The van der Waals surface area contributed by atoms with Crippen LogP contribution in [-0.2, 0) is 4.74 Å². The van der Waals surface area contributed by atoms with Gasteiger partial charge in [-0.3, -0.25) is 4.99 Å². The molecule has 3 aliphatic carbocycles. The molecule has 5 rings (SSSR count). The highest BCUT2D eigenvalue weighted by Crippen LogP contribution is 2.62. The van der Waals surface area contributed by atoms with E-state index in [1.165, 1.54) is 43.4 Å². The quantitative estimate of drug-likeness (QED) is 0.615. The molecule has 4 fully saturated rings. The maximum absolute atomic E-state index is 6.04. The number of fused-ring (bicyclic) bond motifs is 2. The van der Waals surface area contributed by atoms with Crippen molar-refractivity contribution in [3.05, 3.63) is 30.3 Å². The van der Waals surface area contributed by atoms with E-state index in [9.17, 15) is 0 Å². The minimum atomic E-state index is 0.339. The van der Waals surface area contributed by atoms with E-state index in [0.717, 1.165) is 19.1 Å². The SMILES string of the molecule is CN=C(NCC1(Sc2ccccc2)CC1)NC1C2CCOC2C12CCC2. The van der Waals surface area contributed by atoms with Crippen LogP contribution in [0.4, 0.5) is 0 Å². The van der Waals surface area contributed by atoms with Crippen LogP contribution in [0.3, 0.4) is 0 Å². The van der Waals surface area contributed by atoms with Crippen LogP contribution in [0.2, 0.25) is 0 Å². The first-order chi connectivity index (χ1) is 12.7. The van der Waals surface area contributed by atoms with Crippen LogP contribution >= 0.6 is 11.8 Å². The van der Waals surface area contributed by atoms with Gasteiger partial charge < -0.3 is 15.4 Å². The predicted molar refractivity (Wildman–Crippen MR) is 107 cm³/mol. The molecule has 4 nitrogen and oxygen atoms in total. The highest BCUT2D eigenvalue weighted by Gasteiger charge is 2.66. The Morgan fingerprint density at radius 1 is 1.23 bits per heavy atom. The fraction of sp³-hybridized carbons (Fsp3) is 0.667. The van der Waals surface area contributed by atoms with Gasteiger partial charge in [0, 0.05) is 47.2 Å². The summed E-state index contributed by atoms with van der Waals surface area (Å²) >= 11 is 2.01. The van der Waals surface area contributed by atoms with Crippen molar-refractivity contribution in [2.24, 2.45) is 16.3 Å². The third-order valence-corrected chi connectivity index (χ3v) is 8.51. The molecule has 0 radical (unpaired) electrons. The smallest absolute Gasteiger partial charge is 0.191 e. The lowest BCUT2D eigenvalue weighted by Crippen LogP contribution is -2.72. The summed E-state index contributed by atoms with van der Waals surface area (Å²) in [5.74, 6) is 1.66. The maximum Gasteiger partial charge on any atom is 0.191 e. The highest BCUT2D eigenvalue weighted by molar-refractivity contribution is 8.01. The van der Waals surface area contributed by atoms with Crippen LogP contribution in [0.1, 0.15) is 38.5 Å². The summed E-state index contributed by atoms with van der Waals surface area (Å²) < 4.78 is 6.38. The molecule has 1 spiro atoms. The number of hydrogen-bond acceptors (Lipinski definition) is 3. The molecule has 4 aliphatic rings. The Hall–Kier alpha value is -1.20. The van der Waals surface area contributed by atoms with E-state index in [2.05, 4.69) is 46.0 Å². The monoisotopic (exact) mass is 371 g/mol. The second kappa shape index (κ2) is 6.45. The van der Waals surface area contributed by atoms with Crippen LogP contribution in [0.5, 0.6) is 0 Å². The molecule has 0 aromatic heterocycles. The molecule has 1 aromatic carbocycles. The Bertz CT molecular complexity index is 684.